The third kappa shape index (κ3) is 3.16. The molecule has 3 nitrogen and oxygen atoms in total. The smallest absolute Gasteiger partial charge is 0.135 e. The van der Waals surface area contributed by atoms with Gasteiger partial charge >= 0.3 is 0 Å². The second kappa shape index (κ2) is 6.41. The number of hydrogen-bond donors (Lipinski definition) is 1. The molecule has 2 rings (SSSR count). The summed E-state index contributed by atoms with van der Waals surface area (Å²) in [7, 11) is 2.81. The van der Waals surface area contributed by atoms with Crippen LogP contribution in [0, 0.1) is 11.6 Å². The van der Waals surface area contributed by atoms with Crippen LogP contribution in [0.25, 0.3) is 0 Å². The Morgan fingerprint density at radius 3 is 2.14 bits per heavy atom. The van der Waals surface area contributed by atoms with Crippen LogP contribution in [-0.2, 0) is 0 Å². The fourth-order valence-corrected chi connectivity index (χ4v) is 2.52. The van der Waals surface area contributed by atoms with E-state index in [-0.39, 0.29) is 5.75 Å². The molecule has 0 saturated carbocycles. The van der Waals surface area contributed by atoms with E-state index in [1.807, 2.05) is 0 Å². The Kier molecular flexibility index (Phi) is 4.80. The zero-order valence-corrected chi connectivity index (χ0v) is 12.9. The molecule has 0 saturated heterocycles. The maximum atomic E-state index is 14.0. The molecule has 0 heterocycles. The molecule has 0 fully saturated rings. The van der Waals surface area contributed by atoms with Crippen LogP contribution in [0.3, 0.4) is 0 Å². The van der Waals surface area contributed by atoms with Crippen LogP contribution in [0.1, 0.15) is 17.2 Å². The molecule has 112 valence electrons. The van der Waals surface area contributed by atoms with E-state index in [1.165, 1.54) is 20.3 Å². The Morgan fingerprint density at radius 2 is 1.67 bits per heavy atom. The number of hydrogen-bond acceptors (Lipinski definition) is 3. The van der Waals surface area contributed by atoms with E-state index in [9.17, 15) is 13.9 Å². The number of benzene rings is 2. The summed E-state index contributed by atoms with van der Waals surface area (Å²) in [6, 6.07) is 6.74. The quantitative estimate of drug-likeness (QED) is 0.902. The van der Waals surface area contributed by atoms with Gasteiger partial charge in [-0.15, -0.1) is 0 Å². The molecule has 0 radical (unpaired) electrons. The molecule has 1 unspecified atom stereocenters. The molecule has 0 amide bonds. The van der Waals surface area contributed by atoms with E-state index >= 15 is 0 Å². The Bertz CT molecular complexity index is 638. The highest BCUT2D eigenvalue weighted by atomic mass is 79.9. The first kappa shape index (κ1) is 15.7. The van der Waals surface area contributed by atoms with Gasteiger partial charge in [-0.2, -0.15) is 0 Å². The third-order valence-electron chi connectivity index (χ3n) is 3.05. The van der Waals surface area contributed by atoms with Crippen LogP contribution in [0.2, 0.25) is 0 Å². The molecule has 1 atom stereocenters. The molecule has 0 aliphatic heterocycles. The molecule has 0 aliphatic rings. The topological polar surface area (TPSA) is 38.7 Å². The van der Waals surface area contributed by atoms with Gasteiger partial charge in [0.05, 0.1) is 24.3 Å². The molecule has 6 heteroatoms. The molecule has 0 bridgehead atoms. The first-order chi connectivity index (χ1) is 9.97. The molecule has 0 aliphatic carbocycles. The van der Waals surface area contributed by atoms with Crippen molar-refractivity contribution in [1.29, 1.82) is 0 Å². The number of aliphatic hydroxyl groups excluding tert-OH is 1. The van der Waals surface area contributed by atoms with Crippen molar-refractivity contribution in [1.82, 2.24) is 0 Å². The van der Waals surface area contributed by atoms with Crippen LogP contribution in [0.5, 0.6) is 11.5 Å². The molecule has 0 spiro atoms. The lowest BCUT2D eigenvalue weighted by Crippen LogP contribution is -2.06. The van der Waals surface area contributed by atoms with Gasteiger partial charge in [0.2, 0.25) is 0 Å². The zero-order valence-electron chi connectivity index (χ0n) is 11.4. The van der Waals surface area contributed by atoms with Crippen molar-refractivity contribution in [3.05, 3.63) is 57.6 Å². The Morgan fingerprint density at radius 1 is 1.05 bits per heavy atom. The summed E-state index contributed by atoms with van der Waals surface area (Å²) in [6.45, 7) is 0. The van der Waals surface area contributed by atoms with E-state index in [2.05, 4.69) is 15.9 Å². The minimum absolute atomic E-state index is 0.0526. The van der Waals surface area contributed by atoms with Gasteiger partial charge < -0.3 is 14.6 Å². The first-order valence-corrected chi connectivity index (χ1v) is 6.81. The van der Waals surface area contributed by atoms with Crippen molar-refractivity contribution < 1.29 is 23.4 Å². The molecule has 2 aromatic rings. The van der Waals surface area contributed by atoms with Gasteiger partial charge in [-0.05, 0) is 33.6 Å². The highest BCUT2D eigenvalue weighted by molar-refractivity contribution is 9.10. The molecular formula is C15H13BrF2O3. The minimum atomic E-state index is -1.43. The maximum absolute atomic E-state index is 14.0. The van der Waals surface area contributed by atoms with Gasteiger partial charge in [-0.3, -0.25) is 0 Å². The minimum Gasteiger partial charge on any atom is -0.497 e. The van der Waals surface area contributed by atoms with E-state index in [0.29, 0.717) is 15.8 Å². The largest absolute Gasteiger partial charge is 0.497 e. The molecular weight excluding hydrogens is 346 g/mol. The second-order valence-electron chi connectivity index (χ2n) is 4.30. The van der Waals surface area contributed by atoms with Crippen molar-refractivity contribution in [2.45, 2.75) is 6.10 Å². The highest BCUT2D eigenvalue weighted by Gasteiger charge is 2.22. The van der Waals surface area contributed by atoms with Gasteiger partial charge in [-0.25, -0.2) is 8.78 Å². The fourth-order valence-electron chi connectivity index (χ4n) is 1.96. The van der Waals surface area contributed by atoms with E-state index in [1.54, 1.807) is 12.1 Å². The summed E-state index contributed by atoms with van der Waals surface area (Å²) in [5, 5.41) is 10.2. The highest BCUT2D eigenvalue weighted by Crippen LogP contribution is 2.33. The lowest BCUT2D eigenvalue weighted by Gasteiger charge is -2.15. The van der Waals surface area contributed by atoms with Crippen LogP contribution >= 0.6 is 15.9 Å². The summed E-state index contributed by atoms with van der Waals surface area (Å²) in [6.07, 6.45) is -1.43. The Balaban J connectivity index is 2.44. The zero-order chi connectivity index (χ0) is 15.6. The number of ether oxygens (including phenoxy) is 2. The van der Waals surface area contributed by atoms with Crippen molar-refractivity contribution >= 4 is 15.9 Å². The van der Waals surface area contributed by atoms with Crippen LogP contribution in [0.4, 0.5) is 8.78 Å². The Labute approximate surface area is 129 Å². The normalized spacial score (nSPS) is 12.1. The van der Waals surface area contributed by atoms with Gasteiger partial charge in [0, 0.05) is 12.1 Å². The predicted molar refractivity (Wildman–Crippen MR) is 77.7 cm³/mol. The summed E-state index contributed by atoms with van der Waals surface area (Å²) in [4.78, 5) is 0. The SMILES string of the molecule is COc1cc(F)c(C(O)c2ccc(OC)c(Br)c2)c(F)c1. The van der Waals surface area contributed by atoms with Gasteiger partial charge in [0.1, 0.15) is 29.2 Å². The van der Waals surface area contributed by atoms with E-state index in [4.69, 9.17) is 9.47 Å². The Hall–Kier alpha value is -1.66. The fraction of sp³-hybridized carbons (Fsp3) is 0.200. The number of aliphatic hydroxyl groups is 1. The van der Waals surface area contributed by atoms with Gasteiger partial charge in [0.15, 0.2) is 0 Å². The first-order valence-electron chi connectivity index (χ1n) is 6.02. The monoisotopic (exact) mass is 358 g/mol. The maximum Gasteiger partial charge on any atom is 0.135 e. The summed E-state index contributed by atoms with van der Waals surface area (Å²) < 4.78 is 38.4. The molecule has 1 N–H and O–H groups in total. The predicted octanol–water partition coefficient (Wildman–Crippen LogP) is 3.83. The van der Waals surface area contributed by atoms with E-state index < -0.39 is 23.3 Å². The van der Waals surface area contributed by atoms with Crippen molar-refractivity contribution in [3.63, 3.8) is 0 Å². The van der Waals surface area contributed by atoms with Crippen molar-refractivity contribution in [2.75, 3.05) is 14.2 Å². The summed E-state index contributed by atoms with van der Waals surface area (Å²) >= 11 is 3.26. The lowest BCUT2D eigenvalue weighted by atomic mass is 10.00. The second-order valence-corrected chi connectivity index (χ2v) is 5.16. The molecule has 2 aromatic carbocycles. The molecule has 0 aromatic heterocycles. The van der Waals surface area contributed by atoms with E-state index in [0.717, 1.165) is 12.1 Å². The third-order valence-corrected chi connectivity index (χ3v) is 3.67. The molecule has 21 heavy (non-hydrogen) atoms. The van der Waals surface area contributed by atoms with Crippen molar-refractivity contribution in [3.8, 4) is 11.5 Å². The summed E-state index contributed by atoms with van der Waals surface area (Å²) in [5.74, 6) is -1.13. The van der Waals surface area contributed by atoms with Crippen molar-refractivity contribution in [2.24, 2.45) is 0 Å². The van der Waals surface area contributed by atoms with Gasteiger partial charge in [-0.1, -0.05) is 6.07 Å². The lowest BCUT2D eigenvalue weighted by molar-refractivity contribution is 0.208. The summed E-state index contributed by atoms with van der Waals surface area (Å²) in [5.41, 5.74) is -0.0847. The number of methoxy groups -OCH3 is 2. The average molecular weight is 359 g/mol. The number of rotatable bonds is 4. The average Bonchev–Trinajstić information content (AvgIpc) is 2.46. The van der Waals surface area contributed by atoms with Gasteiger partial charge in [0.25, 0.3) is 0 Å². The van der Waals surface area contributed by atoms with Crippen LogP contribution < -0.4 is 9.47 Å². The van der Waals surface area contributed by atoms with Crippen LogP contribution in [0.15, 0.2) is 34.8 Å². The van der Waals surface area contributed by atoms with Crippen LogP contribution in [-0.4, -0.2) is 19.3 Å². The number of halogens is 3. The standard InChI is InChI=1S/C15H13BrF2O3/c1-20-9-6-11(17)14(12(18)7-9)15(19)8-3-4-13(21-2)10(16)5-8/h3-7,15,19H,1-2H3.